The number of rotatable bonds is 4. The molecule has 5 nitrogen and oxygen atoms in total. The Morgan fingerprint density at radius 3 is 2.32 bits per heavy atom. The van der Waals surface area contributed by atoms with E-state index in [-0.39, 0.29) is 0 Å². The highest BCUT2D eigenvalue weighted by atomic mass is 32.2. The summed E-state index contributed by atoms with van der Waals surface area (Å²) >= 11 is 0. The Bertz CT molecular complexity index is 798. The van der Waals surface area contributed by atoms with Gasteiger partial charge >= 0.3 is 0 Å². The monoisotopic (exact) mass is 313 g/mol. The molecule has 2 aromatic carbocycles. The van der Waals surface area contributed by atoms with Crippen molar-refractivity contribution < 1.29 is 8.95 Å². The third-order valence-electron chi connectivity index (χ3n) is 3.28. The molecule has 0 saturated carbocycles. The summed E-state index contributed by atoms with van der Waals surface area (Å²) in [5, 5.41) is 8.73. The van der Waals surface area contributed by atoms with E-state index in [1.165, 1.54) is 0 Å². The molecule has 0 saturated heterocycles. The summed E-state index contributed by atoms with van der Waals surface area (Å²) in [6, 6.07) is 17.2. The molecular formula is C16H15N3O2S. The van der Waals surface area contributed by atoms with E-state index in [4.69, 9.17) is 4.74 Å². The summed E-state index contributed by atoms with van der Waals surface area (Å²) in [5.74, 6) is 0.765. The number of nitrogens with zero attached hydrogens (tertiary/aromatic N) is 3. The normalized spacial score (nSPS) is 12.1. The van der Waals surface area contributed by atoms with E-state index < -0.39 is 10.8 Å². The first-order chi connectivity index (χ1) is 10.7. The first-order valence-corrected chi connectivity index (χ1v) is 8.25. The highest BCUT2D eigenvalue weighted by Crippen LogP contribution is 2.28. The molecule has 0 aliphatic heterocycles. The SMILES string of the molecule is COc1ccc(-c2c(S(C)=O)nnn2-c2ccccc2)cc1. The highest BCUT2D eigenvalue weighted by Gasteiger charge is 2.18. The average molecular weight is 313 g/mol. The van der Waals surface area contributed by atoms with Crippen LogP contribution in [0.15, 0.2) is 59.6 Å². The molecule has 0 radical (unpaired) electrons. The molecule has 3 aromatic rings. The summed E-state index contributed by atoms with van der Waals surface area (Å²) in [5.41, 5.74) is 2.49. The third-order valence-corrected chi connectivity index (χ3v) is 4.10. The Hall–Kier alpha value is -2.47. The number of aromatic nitrogens is 3. The first kappa shape index (κ1) is 14.5. The van der Waals surface area contributed by atoms with Crippen LogP contribution < -0.4 is 4.74 Å². The maximum Gasteiger partial charge on any atom is 0.177 e. The van der Waals surface area contributed by atoms with Crippen molar-refractivity contribution in [2.75, 3.05) is 13.4 Å². The lowest BCUT2D eigenvalue weighted by Crippen LogP contribution is -2.00. The minimum absolute atomic E-state index is 0.467. The lowest BCUT2D eigenvalue weighted by Gasteiger charge is -2.08. The fourth-order valence-electron chi connectivity index (χ4n) is 2.21. The number of ether oxygens (including phenoxy) is 1. The largest absolute Gasteiger partial charge is 0.497 e. The molecule has 0 aliphatic carbocycles. The summed E-state index contributed by atoms with van der Waals surface area (Å²) < 4.78 is 18.9. The van der Waals surface area contributed by atoms with Crippen molar-refractivity contribution >= 4 is 10.8 Å². The van der Waals surface area contributed by atoms with Crippen LogP contribution in [0.3, 0.4) is 0 Å². The Labute approximate surface area is 131 Å². The minimum atomic E-state index is -1.23. The standard InChI is InChI=1S/C16H15N3O2S/c1-21-14-10-8-12(9-11-14)15-16(22(2)20)17-18-19(15)13-6-4-3-5-7-13/h3-11H,1-2H3. The van der Waals surface area contributed by atoms with Crippen molar-refractivity contribution in [2.45, 2.75) is 5.03 Å². The topological polar surface area (TPSA) is 57.0 Å². The molecule has 6 heteroatoms. The van der Waals surface area contributed by atoms with Gasteiger partial charge in [0.25, 0.3) is 0 Å². The van der Waals surface area contributed by atoms with Crippen LogP contribution in [0.25, 0.3) is 16.9 Å². The van der Waals surface area contributed by atoms with Gasteiger partial charge in [0, 0.05) is 11.8 Å². The number of hydrogen-bond donors (Lipinski definition) is 0. The van der Waals surface area contributed by atoms with Crippen LogP contribution in [0.5, 0.6) is 5.75 Å². The Morgan fingerprint density at radius 2 is 1.73 bits per heavy atom. The van der Waals surface area contributed by atoms with Gasteiger partial charge in [-0.2, -0.15) is 0 Å². The molecule has 3 rings (SSSR count). The van der Waals surface area contributed by atoms with Crippen molar-refractivity contribution in [2.24, 2.45) is 0 Å². The fraction of sp³-hybridized carbons (Fsp3) is 0.125. The van der Waals surface area contributed by atoms with Crippen molar-refractivity contribution in [3.63, 3.8) is 0 Å². The molecule has 0 amide bonds. The quantitative estimate of drug-likeness (QED) is 0.743. The minimum Gasteiger partial charge on any atom is -0.497 e. The lowest BCUT2D eigenvalue weighted by molar-refractivity contribution is 0.415. The molecule has 0 N–H and O–H groups in total. The summed E-state index contributed by atoms with van der Waals surface area (Å²) in [6.07, 6.45) is 1.60. The summed E-state index contributed by atoms with van der Waals surface area (Å²) in [7, 11) is 0.396. The molecule has 1 atom stereocenters. The Kier molecular flexibility index (Phi) is 4.02. The van der Waals surface area contributed by atoms with Crippen LogP contribution in [0.4, 0.5) is 0 Å². The van der Waals surface area contributed by atoms with Crippen molar-refractivity contribution in [3.8, 4) is 22.7 Å². The Morgan fingerprint density at radius 1 is 1.05 bits per heavy atom. The average Bonchev–Trinajstić information content (AvgIpc) is 3.01. The van der Waals surface area contributed by atoms with Gasteiger partial charge in [0.05, 0.1) is 23.6 Å². The summed E-state index contributed by atoms with van der Waals surface area (Å²) in [6.45, 7) is 0. The van der Waals surface area contributed by atoms with E-state index >= 15 is 0 Å². The molecule has 0 spiro atoms. The number of hydrogen-bond acceptors (Lipinski definition) is 4. The van der Waals surface area contributed by atoms with Crippen molar-refractivity contribution in [1.82, 2.24) is 15.0 Å². The molecule has 1 aromatic heterocycles. The van der Waals surface area contributed by atoms with Crippen LogP contribution in [0.1, 0.15) is 0 Å². The second kappa shape index (κ2) is 6.11. The molecular weight excluding hydrogens is 298 g/mol. The van der Waals surface area contributed by atoms with Gasteiger partial charge in [-0.25, -0.2) is 4.68 Å². The van der Waals surface area contributed by atoms with Gasteiger partial charge in [-0.3, -0.25) is 4.21 Å². The molecule has 112 valence electrons. The van der Waals surface area contributed by atoms with E-state index in [2.05, 4.69) is 10.3 Å². The zero-order chi connectivity index (χ0) is 15.5. The zero-order valence-electron chi connectivity index (χ0n) is 12.3. The van der Waals surface area contributed by atoms with Crippen molar-refractivity contribution in [1.29, 1.82) is 0 Å². The van der Waals surface area contributed by atoms with Crippen LogP contribution in [0.2, 0.25) is 0 Å². The molecule has 0 bridgehead atoms. The van der Waals surface area contributed by atoms with Gasteiger partial charge in [-0.05, 0) is 36.4 Å². The predicted molar refractivity (Wildman–Crippen MR) is 85.7 cm³/mol. The summed E-state index contributed by atoms with van der Waals surface area (Å²) in [4.78, 5) is 0. The lowest BCUT2D eigenvalue weighted by atomic mass is 10.1. The number of methoxy groups -OCH3 is 1. The van der Waals surface area contributed by atoms with Gasteiger partial charge in [0.2, 0.25) is 0 Å². The molecule has 1 heterocycles. The van der Waals surface area contributed by atoms with E-state index in [0.29, 0.717) is 5.03 Å². The van der Waals surface area contributed by atoms with Crippen LogP contribution in [-0.4, -0.2) is 32.6 Å². The molecule has 0 aliphatic rings. The van der Waals surface area contributed by atoms with E-state index in [1.807, 2.05) is 54.6 Å². The smallest absolute Gasteiger partial charge is 0.177 e. The van der Waals surface area contributed by atoms with Crippen molar-refractivity contribution in [3.05, 3.63) is 54.6 Å². The van der Waals surface area contributed by atoms with Crippen LogP contribution >= 0.6 is 0 Å². The van der Waals surface area contributed by atoms with E-state index in [1.54, 1.807) is 18.0 Å². The molecule has 1 unspecified atom stereocenters. The molecule has 22 heavy (non-hydrogen) atoms. The first-order valence-electron chi connectivity index (χ1n) is 6.69. The third kappa shape index (κ3) is 2.65. The van der Waals surface area contributed by atoms with Gasteiger partial charge in [0.15, 0.2) is 5.03 Å². The Balaban J connectivity index is 2.19. The maximum absolute atomic E-state index is 12.0. The van der Waals surface area contributed by atoms with Gasteiger partial charge in [-0.15, -0.1) is 5.10 Å². The van der Waals surface area contributed by atoms with Crippen LogP contribution in [0, 0.1) is 0 Å². The van der Waals surface area contributed by atoms with Gasteiger partial charge in [-0.1, -0.05) is 23.4 Å². The van der Waals surface area contributed by atoms with Gasteiger partial charge in [0.1, 0.15) is 11.4 Å². The number of benzene rings is 2. The fourth-order valence-corrected chi connectivity index (χ4v) is 2.83. The zero-order valence-corrected chi connectivity index (χ0v) is 13.1. The number of para-hydroxylation sites is 1. The van der Waals surface area contributed by atoms with E-state index in [9.17, 15) is 4.21 Å². The maximum atomic E-state index is 12.0. The highest BCUT2D eigenvalue weighted by molar-refractivity contribution is 7.84. The second-order valence-electron chi connectivity index (χ2n) is 4.67. The van der Waals surface area contributed by atoms with E-state index in [0.717, 1.165) is 22.7 Å². The van der Waals surface area contributed by atoms with Gasteiger partial charge < -0.3 is 4.74 Å². The second-order valence-corrected chi connectivity index (χ2v) is 5.97. The van der Waals surface area contributed by atoms with Crippen LogP contribution in [-0.2, 0) is 10.8 Å². The predicted octanol–water partition coefficient (Wildman–Crippen LogP) is 2.68. The molecule has 0 fully saturated rings.